The van der Waals surface area contributed by atoms with Crippen molar-refractivity contribution in [3.8, 4) is 17.2 Å². The number of aliphatic hydroxyl groups is 1. The molecule has 1 aliphatic rings. The number of methoxy groups -OCH3 is 1. The smallest absolute Gasteiger partial charge is 0.351 e. The number of sulfonamides is 1. The quantitative estimate of drug-likeness (QED) is 0.164. The molecule has 4 rings (SSSR count). The molecule has 0 saturated carbocycles. The predicted octanol–water partition coefficient (Wildman–Crippen LogP) is 5.60. The lowest BCUT2D eigenvalue weighted by Gasteiger charge is -2.35. The van der Waals surface area contributed by atoms with Crippen molar-refractivity contribution in [3.63, 3.8) is 0 Å². The Labute approximate surface area is 272 Å². The molecule has 0 unspecified atom stereocenters. The highest BCUT2D eigenvalue weighted by Crippen LogP contribution is 2.60. The van der Waals surface area contributed by atoms with Crippen molar-refractivity contribution in [1.82, 2.24) is 9.62 Å². The van der Waals surface area contributed by atoms with Crippen LogP contribution in [0.25, 0.3) is 0 Å². The lowest BCUT2D eigenvalue weighted by Crippen LogP contribution is -2.50. The van der Waals surface area contributed by atoms with Gasteiger partial charge in [-0.2, -0.15) is 4.31 Å². The lowest BCUT2D eigenvalue weighted by atomic mass is 10.0. The van der Waals surface area contributed by atoms with Crippen LogP contribution < -0.4 is 19.5 Å². The van der Waals surface area contributed by atoms with Gasteiger partial charge in [-0.15, -0.1) is 0 Å². The summed E-state index contributed by atoms with van der Waals surface area (Å²) in [6, 6.07) is 20.1. The fourth-order valence-corrected chi connectivity index (χ4v) is 8.90. The number of hydrogen-bond donors (Lipinski definition) is 2. The van der Waals surface area contributed by atoms with Gasteiger partial charge in [-0.3, -0.25) is 9.88 Å². The van der Waals surface area contributed by atoms with Gasteiger partial charge in [-0.05, 0) is 73.7 Å². The maximum atomic E-state index is 14.4. The summed E-state index contributed by atoms with van der Waals surface area (Å²) in [5, 5.41) is 15.3. The van der Waals surface area contributed by atoms with Crippen LogP contribution in [0.1, 0.15) is 44.6 Å². The van der Waals surface area contributed by atoms with Gasteiger partial charge < -0.3 is 28.4 Å². The number of aliphatic hydroxyl groups excluding tert-OH is 1. The number of ether oxygens (including phenoxy) is 3. The number of nitrogens with one attached hydrogen (secondary N) is 1. The molecule has 46 heavy (non-hydrogen) atoms. The van der Waals surface area contributed by atoms with Gasteiger partial charge in [0.15, 0.2) is 11.5 Å². The van der Waals surface area contributed by atoms with E-state index in [9.17, 15) is 18.1 Å². The molecule has 3 aromatic carbocycles. The second kappa shape index (κ2) is 16.2. The molecule has 0 bridgehead atoms. The third kappa shape index (κ3) is 8.89. The summed E-state index contributed by atoms with van der Waals surface area (Å²) in [5.74, 6) is 0.515. The first kappa shape index (κ1) is 35.9. The van der Waals surface area contributed by atoms with Crippen LogP contribution in [0.3, 0.4) is 0 Å². The Bertz CT molecular complexity index is 1550. The summed E-state index contributed by atoms with van der Waals surface area (Å²) < 4.78 is 71.4. The van der Waals surface area contributed by atoms with Crippen LogP contribution in [0.2, 0.25) is 0 Å². The highest BCUT2D eigenvalue weighted by molar-refractivity contribution is 7.89. The lowest BCUT2D eigenvalue weighted by molar-refractivity contribution is 0.0968. The van der Waals surface area contributed by atoms with Crippen LogP contribution in [-0.4, -0.2) is 70.2 Å². The largest absolute Gasteiger partial charge is 0.497 e. The van der Waals surface area contributed by atoms with Crippen molar-refractivity contribution in [3.05, 3.63) is 83.9 Å². The zero-order chi connectivity index (χ0) is 33.3. The van der Waals surface area contributed by atoms with Gasteiger partial charge in [-0.25, -0.2) is 8.42 Å². The minimum atomic E-state index is -4.00. The van der Waals surface area contributed by atoms with Crippen LogP contribution in [0, 0.1) is 5.92 Å². The Morgan fingerprint density at radius 1 is 0.935 bits per heavy atom. The minimum Gasteiger partial charge on any atom is -0.497 e. The first-order valence-corrected chi connectivity index (χ1v) is 18.5. The van der Waals surface area contributed by atoms with E-state index < -0.39 is 35.5 Å². The zero-order valence-corrected chi connectivity index (χ0v) is 28.7. The van der Waals surface area contributed by atoms with Gasteiger partial charge >= 0.3 is 7.60 Å². The summed E-state index contributed by atoms with van der Waals surface area (Å²) >= 11 is 0. The number of hydrogen-bond acceptors (Lipinski definition) is 10. The number of fused-ring (bicyclic) bond motifs is 1. The van der Waals surface area contributed by atoms with E-state index in [4.69, 9.17) is 23.3 Å². The Balaban J connectivity index is 1.73. The maximum Gasteiger partial charge on any atom is 0.351 e. The van der Waals surface area contributed by atoms with E-state index in [2.05, 4.69) is 5.32 Å². The molecule has 252 valence electrons. The van der Waals surface area contributed by atoms with Gasteiger partial charge in [0.05, 0.1) is 31.3 Å². The van der Waals surface area contributed by atoms with E-state index >= 15 is 0 Å². The summed E-state index contributed by atoms with van der Waals surface area (Å²) in [4.78, 5) is 0.0872. The normalized spacial score (nSPS) is 15.2. The Morgan fingerprint density at radius 3 is 2.20 bits per heavy atom. The van der Waals surface area contributed by atoms with Crippen molar-refractivity contribution in [2.24, 2.45) is 5.92 Å². The topological polar surface area (TPSA) is 133 Å². The molecular formula is C33H45N2O9PS. The molecule has 0 radical (unpaired) electrons. The second-order valence-corrected chi connectivity index (χ2v) is 15.4. The van der Waals surface area contributed by atoms with Crippen molar-refractivity contribution in [2.75, 3.05) is 40.2 Å². The number of rotatable bonds is 18. The fourth-order valence-electron chi connectivity index (χ4n) is 5.29. The first-order valence-electron chi connectivity index (χ1n) is 15.4. The van der Waals surface area contributed by atoms with E-state index in [1.165, 1.54) is 23.5 Å². The monoisotopic (exact) mass is 676 g/mol. The van der Waals surface area contributed by atoms with Crippen LogP contribution in [0.5, 0.6) is 17.2 Å². The molecule has 0 aromatic heterocycles. The third-order valence-electron chi connectivity index (χ3n) is 7.44. The third-order valence-corrected chi connectivity index (χ3v) is 11.6. The van der Waals surface area contributed by atoms with Gasteiger partial charge in [0.1, 0.15) is 11.5 Å². The minimum absolute atomic E-state index is 0.0294. The maximum absolute atomic E-state index is 14.4. The average molecular weight is 677 g/mol. The number of nitrogens with zero attached hydrogens (tertiary/aromatic N) is 1. The van der Waals surface area contributed by atoms with Gasteiger partial charge in [0.25, 0.3) is 0 Å². The van der Waals surface area contributed by atoms with Crippen molar-refractivity contribution >= 4 is 17.6 Å². The van der Waals surface area contributed by atoms with E-state index in [1.54, 1.807) is 44.2 Å². The van der Waals surface area contributed by atoms with Crippen molar-refractivity contribution < 1.29 is 41.3 Å². The standard InChI is InChI=1S/C33H45N2O9PS/c1-6-43-45(37,44-7-2)33(26-13-18-31-32(20-26)42-23-41-31)34-29(19-25-11-9-8-10-12-25)30(36)22-35(21-24(3)4)46(38,39)28-16-14-27(40-5)15-17-28/h8-18,20,24,29-30,33-34,36H,6-7,19,21-23H2,1-5H3/t29-,30+,33-/m0/s1. The zero-order valence-electron chi connectivity index (χ0n) is 27.0. The molecule has 0 spiro atoms. The Morgan fingerprint density at radius 2 is 1.59 bits per heavy atom. The summed E-state index contributed by atoms with van der Waals surface area (Å²) in [6.07, 6.45) is -0.945. The average Bonchev–Trinajstić information content (AvgIpc) is 3.51. The van der Waals surface area contributed by atoms with Gasteiger partial charge in [0.2, 0.25) is 16.8 Å². The van der Waals surface area contributed by atoms with E-state index in [-0.39, 0.29) is 43.9 Å². The highest BCUT2D eigenvalue weighted by atomic mass is 32.2. The van der Waals surface area contributed by atoms with E-state index in [0.29, 0.717) is 29.2 Å². The van der Waals surface area contributed by atoms with Crippen molar-refractivity contribution in [1.29, 1.82) is 0 Å². The molecule has 0 fully saturated rings. The summed E-state index contributed by atoms with van der Waals surface area (Å²) in [5.41, 5.74) is 1.43. The Kier molecular flexibility index (Phi) is 12.7. The van der Waals surface area contributed by atoms with E-state index in [1.807, 2.05) is 44.2 Å². The van der Waals surface area contributed by atoms with Crippen LogP contribution >= 0.6 is 7.60 Å². The highest BCUT2D eigenvalue weighted by Gasteiger charge is 2.41. The fraction of sp³-hybridized carbons (Fsp3) is 0.455. The summed E-state index contributed by atoms with van der Waals surface area (Å²) in [7, 11) is -6.37. The molecule has 3 atom stereocenters. The van der Waals surface area contributed by atoms with Gasteiger partial charge in [-0.1, -0.05) is 50.2 Å². The molecule has 0 saturated heterocycles. The molecule has 0 amide bonds. The molecule has 3 aromatic rings. The van der Waals surface area contributed by atoms with Gasteiger partial charge in [0, 0.05) is 19.1 Å². The number of benzene rings is 3. The SMILES string of the molecule is CCOP(=O)(OCC)[C@H](N[C@@H](Cc1ccccc1)[C@H](O)CN(CC(C)C)S(=O)(=O)c1ccc(OC)cc1)c1ccc2c(c1)OCO2. The molecular weight excluding hydrogens is 631 g/mol. The van der Waals surface area contributed by atoms with E-state index in [0.717, 1.165) is 5.56 Å². The van der Waals surface area contributed by atoms with Crippen LogP contribution in [0.15, 0.2) is 77.7 Å². The molecule has 1 heterocycles. The first-order chi connectivity index (χ1) is 22.0. The van der Waals surface area contributed by atoms with Crippen LogP contribution in [-0.2, 0) is 30.1 Å². The summed E-state index contributed by atoms with van der Waals surface area (Å²) in [6.45, 7) is 7.54. The Hall–Kier alpha value is -2.96. The molecule has 1 aliphatic heterocycles. The van der Waals surface area contributed by atoms with Crippen molar-refractivity contribution in [2.45, 2.75) is 56.9 Å². The van der Waals surface area contributed by atoms with Crippen LogP contribution in [0.4, 0.5) is 0 Å². The molecule has 13 heteroatoms. The second-order valence-electron chi connectivity index (χ2n) is 11.3. The molecule has 0 aliphatic carbocycles. The predicted molar refractivity (Wildman–Crippen MR) is 176 cm³/mol. The molecule has 2 N–H and O–H groups in total. The molecule has 11 nitrogen and oxygen atoms in total.